The number of alkyl halides is 2. The van der Waals surface area contributed by atoms with E-state index in [9.17, 15) is 8.78 Å². The van der Waals surface area contributed by atoms with Crippen molar-refractivity contribution < 1.29 is 8.78 Å². The lowest BCUT2D eigenvalue weighted by Gasteiger charge is -2.19. The monoisotopic (exact) mass is 149 g/mol. The quantitative estimate of drug-likeness (QED) is 0.552. The third kappa shape index (κ3) is 1.66. The largest absolute Gasteiger partial charge is 0.316 e. The van der Waals surface area contributed by atoms with E-state index in [0.717, 1.165) is 6.54 Å². The average Bonchev–Trinajstić information content (AvgIpc) is 1.96. The van der Waals surface area contributed by atoms with Gasteiger partial charge in [-0.05, 0) is 13.0 Å². The molecule has 0 aromatic carbocycles. The predicted molar refractivity (Wildman–Crippen MR) is 36.2 cm³/mol. The van der Waals surface area contributed by atoms with Gasteiger partial charge in [-0.3, -0.25) is 0 Å². The van der Waals surface area contributed by atoms with Crippen LogP contribution in [0.1, 0.15) is 19.8 Å². The van der Waals surface area contributed by atoms with Crippen LogP contribution in [0.3, 0.4) is 0 Å². The maximum absolute atomic E-state index is 12.8. The standard InChI is InChI=1S/C7H13F2N/c1-6-2-4-10-5-3-7(6,8)9/h6,10H,2-5H2,1H3/t6-/m1/s1. The fourth-order valence-corrected chi connectivity index (χ4v) is 1.16. The van der Waals surface area contributed by atoms with E-state index in [0.29, 0.717) is 13.0 Å². The number of hydrogen-bond acceptors (Lipinski definition) is 1. The van der Waals surface area contributed by atoms with Gasteiger partial charge in [-0.2, -0.15) is 0 Å². The predicted octanol–water partition coefficient (Wildman–Crippen LogP) is 1.64. The molecule has 1 nitrogen and oxygen atoms in total. The molecular formula is C7H13F2N. The van der Waals surface area contributed by atoms with E-state index in [-0.39, 0.29) is 6.42 Å². The van der Waals surface area contributed by atoms with Crippen LogP contribution in [-0.2, 0) is 0 Å². The van der Waals surface area contributed by atoms with E-state index < -0.39 is 11.8 Å². The molecule has 10 heavy (non-hydrogen) atoms. The van der Waals surface area contributed by atoms with E-state index in [2.05, 4.69) is 5.32 Å². The Kier molecular flexibility index (Phi) is 2.24. The van der Waals surface area contributed by atoms with Crippen LogP contribution < -0.4 is 5.32 Å². The molecule has 1 heterocycles. The molecule has 0 spiro atoms. The highest BCUT2D eigenvalue weighted by molar-refractivity contribution is 4.78. The summed E-state index contributed by atoms with van der Waals surface area (Å²) < 4.78 is 25.6. The average molecular weight is 149 g/mol. The van der Waals surface area contributed by atoms with Gasteiger partial charge in [0.1, 0.15) is 0 Å². The number of nitrogens with one attached hydrogen (secondary N) is 1. The second-order valence-electron chi connectivity index (χ2n) is 2.95. The molecule has 0 aromatic heterocycles. The molecule has 0 aliphatic carbocycles. The molecular weight excluding hydrogens is 136 g/mol. The Labute approximate surface area is 59.8 Å². The van der Waals surface area contributed by atoms with Gasteiger partial charge in [0.15, 0.2) is 0 Å². The minimum Gasteiger partial charge on any atom is -0.316 e. The fraction of sp³-hybridized carbons (Fsp3) is 1.00. The lowest BCUT2D eigenvalue weighted by Crippen LogP contribution is -2.25. The summed E-state index contributed by atoms with van der Waals surface area (Å²) in [5.74, 6) is -2.90. The normalized spacial score (nSPS) is 33.3. The molecule has 1 fully saturated rings. The van der Waals surface area contributed by atoms with Crippen molar-refractivity contribution in [1.29, 1.82) is 0 Å². The summed E-state index contributed by atoms with van der Waals surface area (Å²) in [6.45, 7) is 2.81. The molecule has 0 unspecified atom stereocenters. The highest BCUT2D eigenvalue weighted by Gasteiger charge is 2.36. The van der Waals surface area contributed by atoms with E-state index in [4.69, 9.17) is 0 Å². The molecule has 1 aliphatic rings. The highest BCUT2D eigenvalue weighted by Crippen LogP contribution is 2.31. The highest BCUT2D eigenvalue weighted by atomic mass is 19.3. The lowest BCUT2D eigenvalue weighted by molar-refractivity contribution is -0.0534. The summed E-state index contributed by atoms with van der Waals surface area (Å²) in [7, 11) is 0. The van der Waals surface area contributed by atoms with Gasteiger partial charge in [-0.1, -0.05) is 6.92 Å². The molecule has 3 heteroatoms. The Hall–Kier alpha value is -0.180. The van der Waals surface area contributed by atoms with Crippen LogP contribution in [0.15, 0.2) is 0 Å². The number of hydrogen-bond donors (Lipinski definition) is 1. The zero-order chi connectivity index (χ0) is 7.61. The van der Waals surface area contributed by atoms with Crippen LogP contribution in [-0.4, -0.2) is 19.0 Å². The van der Waals surface area contributed by atoms with Crippen LogP contribution in [0.2, 0.25) is 0 Å². The van der Waals surface area contributed by atoms with Gasteiger partial charge >= 0.3 is 0 Å². The van der Waals surface area contributed by atoms with E-state index in [1.165, 1.54) is 0 Å². The van der Waals surface area contributed by atoms with E-state index in [1.54, 1.807) is 6.92 Å². The second-order valence-corrected chi connectivity index (χ2v) is 2.95. The lowest BCUT2D eigenvalue weighted by atomic mass is 9.99. The Morgan fingerprint density at radius 1 is 1.40 bits per heavy atom. The van der Waals surface area contributed by atoms with Crippen molar-refractivity contribution in [2.75, 3.05) is 13.1 Å². The molecule has 1 rings (SSSR count). The van der Waals surface area contributed by atoms with Crippen LogP contribution in [0, 0.1) is 5.92 Å². The number of halogens is 2. The van der Waals surface area contributed by atoms with Crippen LogP contribution in [0.25, 0.3) is 0 Å². The van der Waals surface area contributed by atoms with Crippen molar-refractivity contribution in [1.82, 2.24) is 5.32 Å². The topological polar surface area (TPSA) is 12.0 Å². The van der Waals surface area contributed by atoms with Crippen LogP contribution >= 0.6 is 0 Å². The fourth-order valence-electron chi connectivity index (χ4n) is 1.16. The van der Waals surface area contributed by atoms with Crippen molar-refractivity contribution in [3.8, 4) is 0 Å². The zero-order valence-corrected chi connectivity index (χ0v) is 6.16. The first-order chi connectivity index (χ1) is 4.63. The van der Waals surface area contributed by atoms with Gasteiger partial charge in [0, 0.05) is 18.9 Å². The summed E-state index contributed by atoms with van der Waals surface area (Å²) >= 11 is 0. The second kappa shape index (κ2) is 2.82. The van der Waals surface area contributed by atoms with Gasteiger partial charge < -0.3 is 5.32 Å². The summed E-state index contributed by atoms with van der Waals surface area (Å²) in [5, 5.41) is 2.95. The van der Waals surface area contributed by atoms with Gasteiger partial charge in [-0.15, -0.1) is 0 Å². The minimum absolute atomic E-state index is 0.00579. The van der Waals surface area contributed by atoms with E-state index >= 15 is 0 Å². The van der Waals surface area contributed by atoms with Crippen molar-refractivity contribution >= 4 is 0 Å². The third-order valence-corrected chi connectivity index (χ3v) is 2.11. The molecule has 0 radical (unpaired) electrons. The molecule has 60 valence electrons. The first kappa shape index (κ1) is 7.92. The first-order valence-electron chi connectivity index (χ1n) is 3.71. The maximum Gasteiger partial charge on any atom is 0.251 e. The smallest absolute Gasteiger partial charge is 0.251 e. The minimum atomic E-state index is -2.44. The summed E-state index contributed by atoms with van der Waals surface area (Å²) in [6.07, 6.45) is 0.584. The van der Waals surface area contributed by atoms with Crippen LogP contribution in [0.5, 0.6) is 0 Å². The van der Waals surface area contributed by atoms with Crippen molar-refractivity contribution in [2.45, 2.75) is 25.7 Å². The van der Waals surface area contributed by atoms with Crippen molar-refractivity contribution in [2.24, 2.45) is 5.92 Å². The first-order valence-corrected chi connectivity index (χ1v) is 3.71. The molecule has 0 saturated carbocycles. The number of rotatable bonds is 0. The Bertz CT molecular complexity index is 114. The molecule has 1 atom stereocenters. The van der Waals surface area contributed by atoms with Gasteiger partial charge in [0.25, 0.3) is 5.92 Å². The summed E-state index contributed by atoms with van der Waals surface area (Å²) in [6, 6.07) is 0. The molecule has 0 aromatic rings. The molecule has 0 amide bonds. The molecule has 1 aliphatic heterocycles. The Morgan fingerprint density at radius 3 is 2.80 bits per heavy atom. The summed E-state index contributed by atoms with van der Waals surface area (Å²) in [4.78, 5) is 0. The van der Waals surface area contributed by atoms with Gasteiger partial charge in [0.05, 0.1) is 0 Å². The van der Waals surface area contributed by atoms with Gasteiger partial charge in [-0.25, -0.2) is 8.78 Å². The van der Waals surface area contributed by atoms with Crippen LogP contribution in [0.4, 0.5) is 8.78 Å². The van der Waals surface area contributed by atoms with Crippen molar-refractivity contribution in [3.05, 3.63) is 0 Å². The molecule has 1 N–H and O–H groups in total. The Morgan fingerprint density at radius 2 is 2.10 bits per heavy atom. The molecule has 1 saturated heterocycles. The van der Waals surface area contributed by atoms with Crippen molar-refractivity contribution in [3.63, 3.8) is 0 Å². The third-order valence-electron chi connectivity index (χ3n) is 2.11. The SMILES string of the molecule is C[C@@H]1CCNCCC1(F)F. The Balaban J connectivity index is 2.52. The zero-order valence-electron chi connectivity index (χ0n) is 6.16. The van der Waals surface area contributed by atoms with Gasteiger partial charge in [0.2, 0.25) is 0 Å². The maximum atomic E-state index is 12.8. The van der Waals surface area contributed by atoms with E-state index in [1.807, 2.05) is 0 Å². The molecule has 0 bridgehead atoms. The summed E-state index contributed by atoms with van der Waals surface area (Å²) in [5.41, 5.74) is 0.